The van der Waals surface area contributed by atoms with Crippen molar-refractivity contribution >= 4 is 16.8 Å². The molecule has 4 nitrogen and oxygen atoms in total. The molecule has 0 bridgehead atoms. The van der Waals surface area contributed by atoms with Crippen molar-refractivity contribution in [1.29, 1.82) is 0 Å². The van der Waals surface area contributed by atoms with Crippen LogP contribution in [0.25, 0.3) is 10.9 Å². The Balaban J connectivity index is 2.50. The molecular formula is C14H18N2O2. The number of carbonyl (C=O) groups excluding carboxylic acids is 1. The van der Waals surface area contributed by atoms with Crippen LogP contribution in [0, 0.1) is 0 Å². The van der Waals surface area contributed by atoms with Gasteiger partial charge < -0.3 is 15.4 Å². The van der Waals surface area contributed by atoms with Crippen LogP contribution in [-0.2, 0) is 11.2 Å². The number of fused-ring (bicyclic) bond motifs is 1. The van der Waals surface area contributed by atoms with Crippen LogP contribution in [-0.4, -0.2) is 15.6 Å². The SMILES string of the molecule is CCCC(O)n1cc(CC(N)=O)c2ccccc21. The minimum Gasteiger partial charge on any atom is -0.373 e. The van der Waals surface area contributed by atoms with Crippen molar-refractivity contribution in [1.82, 2.24) is 4.57 Å². The number of aliphatic hydroxyl groups is 1. The molecule has 0 aliphatic carbocycles. The maximum Gasteiger partial charge on any atom is 0.221 e. The second-order valence-electron chi connectivity index (χ2n) is 4.49. The largest absolute Gasteiger partial charge is 0.373 e. The highest BCUT2D eigenvalue weighted by molar-refractivity contribution is 5.88. The summed E-state index contributed by atoms with van der Waals surface area (Å²) in [6, 6.07) is 7.73. The minimum absolute atomic E-state index is 0.201. The van der Waals surface area contributed by atoms with Crippen LogP contribution in [0.15, 0.2) is 30.5 Å². The quantitative estimate of drug-likeness (QED) is 0.846. The molecule has 1 aromatic heterocycles. The number of amides is 1. The highest BCUT2D eigenvalue weighted by Gasteiger charge is 2.14. The number of rotatable bonds is 5. The third-order valence-corrected chi connectivity index (χ3v) is 3.06. The molecule has 1 atom stereocenters. The van der Waals surface area contributed by atoms with Crippen LogP contribution in [0.2, 0.25) is 0 Å². The first-order chi connectivity index (χ1) is 8.63. The van der Waals surface area contributed by atoms with E-state index in [-0.39, 0.29) is 12.3 Å². The van der Waals surface area contributed by atoms with Gasteiger partial charge >= 0.3 is 0 Å². The summed E-state index contributed by atoms with van der Waals surface area (Å²) in [7, 11) is 0. The molecule has 0 saturated carbocycles. The number of aliphatic hydroxyl groups excluding tert-OH is 1. The summed E-state index contributed by atoms with van der Waals surface area (Å²) < 4.78 is 1.82. The van der Waals surface area contributed by atoms with Gasteiger partial charge in [0, 0.05) is 11.6 Å². The first-order valence-electron chi connectivity index (χ1n) is 6.18. The zero-order chi connectivity index (χ0) is 13.1. The van der Waals surface area contributed by atoms with Crippen LogP contribution in [0.5, 0.6) is 0 Å². The smallest absolute Gasteiger partial charge is 0.221 e. The molecule has 0 aliphatic rings. The Morgan fingerprint density at radius 3 is 2.83 bits per heavy atom. The predicted octanol–water partition coefficient (Wildman–Crippen LogP) is 1.96. The van der Waals surface area contributed by atoms with E-state index in [1.165, 1.54) is 0 Å². The number of nitrogens with two attached hydrogens (primary N) is 1. The third-order valence-electron chi connectivity index (χ3n) is 3.06. The second-order valence-corrected chi connectivity index (χ2v) is 4.49. The maximum absolute atomic E-state index is 11.1. The van der Waals surface area contributed by atoms with E-state index >= 15 is 0 Å². The lowest BCUT2D eigenvalue weighted by Crippen LogP contribution is -2.13. The standard InChI is InChI=1S/C14H18N2O2/c1-2-5-14(18)16-9-10(8-13(15)17)11-6-3-4-7-12(11)16/h3-4,6-7,9,14,18H,2,5,8H2,1H3,(H2,15,17). The van der Waals surface area contributed by atoms with Gasteiger partial charge in [-0.1, -0.05) is 31.5 Å². The van der Waals surface area contributed by atoms with Crippen LogP contribution in [0.3, 0.4) is 0 Å². The van der Waals surface area contributed by atoms with Crippen molar-refractivity contribution in [3.63, 3.8) is 0 Å². The number of nitrogens with zero attached hydrogens (tertiary/aromatic N) is 1. The van der Waals surface area contributed by atoms with E-state index in [2.05, 4.69) is 0 Å². The lowest BCUT2D eigenvalue weighted by atomic mass is 10.1. The molecule has 0 spiro atoms. The fraction of sp³-hybridized carbons (Fsp3) is 0.357. The average Bonchev–Trinajstić information content (AvgIpc) is 2.68. The van der Waals surface area contributed by atoms with Gasteiger partial charge in [-0.25, -0.2) is 0 Å². The lowest BCUT2D eigenvalue weighted by Gasteiger charge is -2.12. The molecule has 0 aliphatic heterocycles. The number of hydrogen-bond donors (Lipinski definition) is 2. The van der Waals surface area contributed by atoms with Gasteiger partial charge in [-0.2, -0.15) is 0 Å². The molecular weight excluding hydrogens is 228 g/mol. The van der Waals surface area contributed by atoms with E-state index in [1.54, 1.807) is 0 Å². The van der Waals surface area contributed by atoms with Crippen LogP contribution in [0.1, 0.15) is 31.6 Å². The number of benzene rings is 1. The number of para-hydroxylation sites is 1. The lowest BCUT2D eigenvalue weighted by molar-refractivity contribution is -0.117. The summed E-state index contributed by atoms with van der Waals surface area (Å²) in [4.78, 5) is 11.1. The highest BCUT2D eigenvalue weighted by atomic mass is 16.3. The number of aromatic nitrogens is 1. The van der Waals surface area contributed by atoms with Crippen molar-refractivity contribution in [3.8, 4) is 0 Å². The highest BCUT2D eigenvalue weighted by Crippen LogP contribution is 2.25. The minimum atomic E-state index is -0.554. The number of hydrogen-bond acceptors (Lipinski definition) is 2. The van der Waals surface area contributed by atoms with E-state index in [1.807, 2.05) is 42.0 Å². The summed E-state index contributed by atoms with van der Waals surface area (Å²) in [6.45, 7) is 2.03. The van der Waals surface area contributed by atoms with Gasteiger partial charge in [0.15, 0.2) is 0 Å². The molecule has 96 valence electrons. The molecule has 1 aromatic carbocycles. The Bertz CT molecular complexity index is 560. The van der Waals surface area contributed by atoms with E-state index in [4.69, 9.17) is 5.73 Å². The van der Waals surface area contributed by atoms with Gasteiger partial charge in [-0.15, -0.1) is 0 Å². The number of primary amides is 1. The zero-order valence-corrected chi connectivity index (χ0v) is 10.5. The molecule has 0 saturated heterocycles. The fourth-order valence-corrected chi connectivity index (χ4v) is 2.25. The van der Waals surface area contributed by atoms with Gasteiger partial charge in [0.2, 0.25) is 5.91 Å². The molecule has 1 heterocycles. The molecule has 3 N–H and O–H groups in total. The molecule has 1 unspecified atom stereocenters. The van der Waals surface area contributed by atoms with Crippen LogP contribution >= 0.6 is 0 Å². The van der Waals surface area contributed by atoms with Crippen molar-refractivity contribution in [2.45, 2.75) is 32.4 Å². The van der Waals surface area contributed by atoms with Crippen LogP contribution in [0.4, 0.5) is 0 Å². The van der Waals surface area contributed by atoms with Gasteiger partial charge in [-0.05, 0) is 18.1 Å². The van der Waals surface area contributed by atoms with Crippen molar-refractivity contribution in [2.75, 3.05) is 0 Å². The monoisotopic (exact) mass is 246 g/mol. The Morgan fingerprint density at radius 2 is 2.17 bits per heavy atom. The Kier molecular flexibility index (Phi) is 3.67. The Hall–Kier alpha value is -1.81. The molecule has 18 heavy (non-hydrogen) atoms. The Morgan fingerprint density at radius 1 is 1.44 bits per heavy atom. The maximum atomic E-state index is 11.1. The van der Waals surface area contributed by atoms with Crippen molar-refractivity contribution < 1.29 is 9.90 Å². The fourth-order valence-electron chi connectivity index (χ4n) is 2.25. The van der Waals surface area contributed by atoms with Gasteiger partial charge in [-0.3, -0.25) is 4.79 Å². The molecule has 4 heteroatoms. The zero-order valence-electron chi connectivity index (χ0n) is 10.5. The second kappa shape index (κ2) is 5.23. The molecule has 0 radical (unpaired) electrons. The summed E-state index contributed by atoms with van der Waals surface area (Å²) in [5, 5.41) is 11.1. The molecule has 2 rings (SSSR count). The van der Waals surface area contributed by atoms with Crippen molar-refractivity contribution in [3.05, 3.63) is 36.0 Å². The normalized spacial score (nSPS) is 12.8. The molecule has 2 aromatic rings. The summed E-state index contributed by atoms with van der Waals surface area (Å²) in [5.74, 6) is -0.358. The first kappa shape index (κ1) is 12.6. The Labute approximate surface area is 106 Å². The summed E-state index contributed by atoms with van der Waals surface area (Å²) >= 11 is 0. The van der Waals surface area contributed by atoms with Crippen molar-refractivity contribution in [2.24, 2.45) is 5.73 Å². The van der Waals surface area contributed by atoms with Crippen LogP contribution < -0.4 is 5.73 Å². The van der Waals surface area contributed by atoms with E-state index in [0.717, 1.165) is 22.9 Å². The molecule has 0 fully saturated rings. The van der Waals surface area contributed by atoms with E-state index in [9.17, 15) is 9.90 Å². The average molecular weight is 246 g/mol. The van der Waals surface area contributed by atoms with Gasteiger partial charge in [0.1, 0.15) is 6.23 Å². The number of carbonyl (C=O) groups is 1. The first-order valence-corrected chi connectivity index (χ1v) is 6.18. The molecule has 1 amide bonds. The predicted molar refractivity (Wildman–Crippen MR) is 71.0 cm³/mol. The van der Waals surface area contributed by atoms with Gasteiger partial charge in [0.05, 0.1) is 11.9 Å². The topological polar surface area (TPSA) is 68.2 Å². The summed E-state index contributed by atoms with van der Waals surface area (Å²) in [5.41, 5.74) is 7.06. The van der Waals surface area contributed by atoms with E-state index in [0.29, 0.717) is 6.42 Å². The summed E-state index contributed by atoms with van der Waals surface area (Å²) in [6.07, 6.45) is 3.07. The van der Waals surface area contributed by atoms with Gasteiger partial charge in [0.25, 0.3) is 0 Å². The third kappa shape index (κ3) is 2.38. The van der Waals surface area contributed by atoms with E-state index < -0.39 is 6.23 Å².